The van der Waals surface area contributed by atoms with E-state index in [4.69, 9.17) is 0 Å². The average Bonchev–Trinajstić information content (AvgIpc) is 3.17. The van der Waals surface area contributed by atoms with E-state index in [-0.39, 0.29) is 24.8 Å². The van der Waals surface area contributed by atoms with Gasteiger partial charge in [0.05, 0.1) is 0 Å². The van der Waals surface area contributed by atoms with Crippen molar-refractivity contribution >= 4 is 9.35 Å². The summed E-state index contributed by atoms with van der Waals surface area (Å²) in [5, 5.41) is 0. The molecule has 0 radical (unpaired) electrons. The Balaban J connectivity index is 0.000000980. The maximum absolute atomic E-state index is 2.45. The van der Waals surface area contributed by atoms with Crippen molar-refractivity contribution in [3.63, 3.8) is 0 Å². The standard InChI is InChI=1S/C14H11.C9H7.2ClH.Zr/c1-10-6-7-14-12(8-10)9-11-4-2-3-5-13(11)14;1-2-5-9-7-3-6-8(9)4-1;;;/h2-3,5-8H,9H2,1H3;1-7H;2*1H;/q;;;;+2/p-2. The molecule has 26 heavy (non-hydrogen) atoms. The molecular formula is C23H18Cl2Zr. The zero-order valence-corrected chi connectivity index (χ0v) is 18.4. The predicted molar refractivity (Wildman–Crippen MR) is 97.3 cm³/mol. The molecule has 3 aromatic rings. The van der Waals surface area contributed by atoms with Gasteiger partial charge in [0.15, 0.2) is 0 Å². The van der Waals surface area contributed by atoms with E-state index in [0.29, 0.717) is 3.63 Å². The molecule has 0 aliphatic heterocycles. The van der Waals surface area contributed by atoms with Crippen LogP contribution in [-0.4, -0.2) is 0 Å². The topological polar surface area (TPSA) is 0 Å². The van der Waals surface area contributed by atoms with E-state index in [2.05, 4.69) is 79.7 Å². The average molecular weight is 457 g/mol. The third-order valence-corrected chi connectivity index (χ3v) is 9.12. The van der Waals surface area contributed by atoms with Gasteiger partial charge in [0.2, 0.25) is 0 Å². The molecule has 3 aromatic carbocycles. The van der Waals surface area contributed by atoms with Gasteiger partial charge in [0.25, 0.3) is 0 Å². The molecule has 2 aliphatic carbocycles. The SMILES string of the molecule is Cc1ccc2c(c1)Cc1[c]([Zr+2][CH]3C=Cc4ccccc43)cccc1-2.[Cl-].[Cl-]. The van der Waals surface area contributed by atoms with Crippen molar-refractivity contribution in [2.75, 3.05) is 0 Å². The maximum atomic E-state index is 2.45. The summed E-state index contributed by atoms with van der Waals surface area (Å²) in [6, 6.07) is 22.8. The van der Waals surface area contributed by atoms with Crippen LogP contribution in [0, 0.1) is 6.92 Å². The van der Waals surface area contributed by atoms with E-state index in [1.807, 2.05) is 0 Å². The van der Waals surface area contributed by atoms with Crippen LogP contribution in [0.25, 0.3) is 17.2 Å². The smallest absolute Gasteiger partial charge is 1.00 e. The fraction of sp³-hybridized carbons (Fsp3) is 0.130. The van der Waals surface area contributed by atoms with Crippen LogP contribution >= 0.6 is 0 Å². The second-order valence-electron chi connectivity index (χ2n) is 6.78. The van der Waals surface area contributed by atoms with Crippen LogP contribution in [0.3, 0.4) is 0 Å². The van der Waals surface area contributed by atoms with Crippen molar-refractivity contribution < 1.29 is 48.0 Å². The summed E-state index contributed by atoms with van der Waals surface area (Å²) in [6.45, 7) is 2.20. The monoisotopic (exact) mass is 454 g/mol. The summed E-state index contributed by atoms with van der Waals surface area (Å²) in [5.74, 6) is 0. The molecule has 0 N–H and O–H groups in total. The zero-order valence-electron chi connectivity index (χ0n) is 14.5. The second-order valence-corrected chi connectivity index (χ2v) is 10.3. The normalized spacial score (nSPS) is 15.2. The van der Waals surface area contributed by atoms with Gasteiger partial charge < -0.3 is 24.8 Å². The van der Waals surface area contributed by atoms with Gasteiger partial charge in [-0.2, -0.15) is 0 Å². The number of fused-ring (bicyclic) bond motifs is 4. The summed E-state index contributed by atoms with van der Waals surface area (Å²) in [4.78, 5) is 0. The van der Waals surface area contributed by atoms with E-state index in [9.17, 15) is 0 Å². The third-order valence-electron chi connectivity index (χ3n) is 5.20. The number of halogens is 2. The molecule has 0 nitrogen and oxygen atoms in total. The molecular weight excluding hydrogens is 438 g/mol. The van der Waals surface area contributed by atoms with Gasteiger partial charge in [-0.15, -0.1) is 0 Å². The Morgan fingerprint density at radius 1 is 0.885 bits per heavy atom. The van der Waals surface area contributed by atoms with Crippen molar-refractivity contribution in [3.05, 3.63) is 94.6 Å². The van der Waals surface area contributed by atoms with E-state index in [1.54, 1.807) is 14.4 Å². The van der Waals surface area contributed by atoms with Crippen LogP contribution in [0.4, 0.5) is 0 Å². The van der Waals surface area contributed by atoms with Crippen LogP contribution < -0.4 is 28.1 Å². The number of hydrogen-bond donors (Lipinski definition) is 0. The molecule has 128 valence electrons. The Labute approximate surface area is 179 Å². The summed E-state index contributed by atoms with van der Waals surface area (Å²) in [5.41, 5.74) is 10.4. The first-order valence-electron chi connectivity index (χ1n) is 8.55. The first kappa shape index (κ1) is 19.6. The van der Waals surface area contributed by atoms with Gasteiger partial charge in [-0.25, -0.2) is 0 Å². The first-order chi connectivity index (χ1) is 11.8. The van der Waals surface area contributed by atoms with Gasteiger partial charge in [-0.1, -0.05) is 0 Å². The summed E-state index contributed by atoms with van der Waals surface area (Å²) < 4.78 is 2.36. The van der Waals surface area contributed by atoms with Gasteiger partial charge in [0, 0.05) is 0 Å². The van der Waals surface area contributed by atoms with Crippen LogP contribution in [0.15, 0.2) is 66.7 Å². The molecule has 0 fully saturated rings. The number of allylic oxidation sites excluding steroid dienone is 1. The van der Waals surface area contributed by atoms with E-state index in [0.717, 1.165) is 6.42 Å². The summed E-state index contributed by atoms with van der Waals surface area (Å²) in [6.07, 6.45) is 5.89. The molecule has 5 rings (SSSR count). The Morgan fingerprint density at radius 2 is 1.73 bits per heavy atom. The molecule has 0 bridgehead atoms. The Hall–Kier alpha value is -1.14. The minimum Gasteiger partial charge on any atom is -1.00 e. The Kier molecular flexibility index (Phi) is 5.92. The fourth-order valence-corrected chi connectivity index (χ4v) is 7.80. The largest absolute Gasteiger partial charge is 1.00 e. The molecule has 0 heterocycles. The molecule has 3 heteroatoms. The van der Waals surface area contributed by atoms with Crippen molar-refractivity contribution in [1.82, 2.24) is 0 Å². The minimum atomic E-state index is -0.707. The van der Waals surface area contributed by atoms with Gasteiger partial charge in [0.1, 0.15) is 0 Å². The van der Waals surface area contributed by atoms with E-state index >= 15 is 0 Å². The quantitative estimate of drug-likeness (QED) is 0.365. The third kappa shape index (κ3) is 3.26. The number of rotatable bonds is 2. The van der Waals surface area contributed by atoms with E-state index < -0.39 is 23.2 Å². The van der Waals surface area contributed by atoms with Crippen LogP contribution in [0.1, 0.15) is 31.4 Å². The van der Waals surface area contributed by atoms with Crippen molar-refractivity contribution in [2.24, 2.45) is 0 Å². The molecule has 1 unspecified atom stereocenters. The summed E-state index contributed by atoms with van der Waals surface area (Å²) in [7, 11) is 0. The van der Waals surface area contributed by atoms with Crippen LogP contribution in [-0.2, 0) is 29.7 Å². The molecule has 2 aliphatic rings. The molecule has 0 saturated carbocycles. The predicted octanol–water partition coefficient (Wildman–Crippen LogP) is -0.950. The fourth-order valence-electron chi connectivity index (χ4n) is 4.03. The summed E-state index contributed by atoms with van der Waals surface area (Å²) >= 11 is -0.707. The number of aryl methyl sites for hydroxylation is 1. The molecule has 0 aromatic heterocycles. The molecule has 0 saturated heterocycles. The first-order valence-corrected chi connectivity index (χ1v) is 11.2. The van der Waals surface area contributed by atoms with Crippen LogP contribution in [0.5, 0.6) is 0 Å². The van der Waals surface area contributed by atoms with Crippen molar-refractivity contribution in [3.8, 4) is 11.1 Å². The number of benzene rings is 3. The molecule has 0 spiro atoms. The van der Waals surface area contributed by atoms with Gasteiger partial charge >= 0.3 is 155 Å². The van der Waals surface area contributed by atoms with E-state index in [1.165, 1.54) is 27.8 Å². The molecule has 1 atom stereocenters. The van der Waals surface area contributed by atoms with Crippen LogP contribution in [0.2, 0.25) is 0 Å². The van der Waals surface area contributed by atoms with Crippen molar-refractivity contribution in [1.29, 1.82) is 0 Å². The van der Waals surface area contributed by atoms with Gasteiger partial charge in [-0.05, 0) is 0 Å². The van der Waals surface area contributed by atoms with Crippen molar-refractivity contribution in [2.45, 2.75) is 17.0 Å². The zero-order chi connectivity index (χ0) is 16.1. The molecule has 0 amide bonds. The number of hydrogen-bond acceptors (Lipinski definition) is 0. The minimum absolute atomic E-state index is 0. The van der Waals surface area contributed by atoms with Gasteiger partial charge in [-0.3, -0.25) is 0 Å². The maximum Gasteiger partial charge on any atom is -1.00 e. The second kappa shape index (κ2) is 7.85. The Bertz CT molecular complexity index is 991. The Morgan fingerprint density at radius 3 is 2.62 bits per heavy atom.